The van der Waals surface area contributed by atoms with Crippen LogP contribution >= 0.6 is 10.0 Å². The number of pyridine rings is 1. The van der Waals surface area contributed by atoms with Gasteiger partial charge in [0.1, 0.15) is 12.4 Å². The predicted octanol–water partition coefficient (Wildman–Crippen LogP) is 3.07. The number of ether oxygens (including phenoxy) is 2. The molecule has 2 aromatic rings. The van der Waals surface area contributed by atoms with Gasteiger partial charge in [-0.25, -0.2) is 15.0 Å². The topological polar surface area (TPSA) is 39.5 Å². The lowest BCUT2D eigenvalue weighted by Crippen LogP contribution is -2.45. The molecular formula is C19H29N3O2S. The van der Waals surface area contributed by atoms with Gasteiger partial charge in [-0.3, -0.25) is 0 Å². The lowest BCUT2D eigenvalue weighted by Gasteiger charge is -2.36. The van der Waals surface area contributed by atoms with Crippen LogP contribution in [-0.4, -0.2) is 66.0 Å². The molecule has 0 aromatic carbocycles. The number of morpholine rings is 1. The standard InChI is InChI=1S/C19H29N3O2S/c1-25(2,3)9-8-23-14-21-7-6-15-10-18(11-20-19(15)21)22-16-4-5-17(22)13-24-12-16/h6-7,10-11,16-17H,4-5,8-9,12-14H2,1-3H3. The van der Waals surface area contributed by atoms with E-state index in [9.17, 15) is 0 Å². The van der Waals surface area contributed by atoms with Gasteiger partial charge in [0.15, 0.2) is 0 Å². The molecule has 2 saturated heterocycles. The van der Waals surface area contributed by atoms with Crippen LogP contribution in [0.2, 0.25) is 0 Å². The molecule has 4 rings (SSSR count). The smallest absolute Gasteiger partial charge is 0.141 e. The molecule has 6 heteroatoms. The van der Waals surface area contributed by atoms with Gasteiger partial charge < -0.3 is 18.9 Å². The van der Waals surface area contributed by atoms with Gasteiger partial charge >= 0.3 is 0 Å². The molecule has 0 amide bonds. The van der Waals surface area contributed by atoms with Crippen molar-refractivity contribution >= 4 is 26.7 Å². The van der Waals surface area contributed by atoms with E-state index in [4.69, 9.17) is 14.5 Å². The zero-order valence-electron chi connectivity index (χ0n) is 15.5. The van der Waals surface area contributed by atoms with Crippen LogP contribution in [0.25, 0.3) is 11.0 Å². The maximum absolute atomic E-state index is 5.87. The Balaban J connectivity index is 1.46. The largest absolute Gasteiger partial charge is 0.377 e. The Kier molecular flexibility index (Phi) is 4.69. The molecule has 0 spiro atoms. The van der Waals surface area contributed by atoms with Crippen molar-refractivity contribution in [2.75, 3.05) is 49.2 Å². The summed E-state index contributed by atoms with van der Waals surface area (Å²) in [6, 6.07) is 5.45. The summed E-state index contributed by atoms with van der Waals surface area (Å²) in [5.41, 5.74) is 2.24. The number of rotatable bonds is 6. The summed E-state index contributed by atoms with van der Waals surface area (Å²) in [5, 5.41) is 1.19. The van der Waals surface area contributed by atoms with Crippen LogP contribution in [0, 0.1) is 0 Å². The van der Waals surface area contributed by atoms with Crippen molar-refractivity contribution in [1.29, 1.82) is 0 Å². The van der Waals surface area contributed by atoms with Gasteiger partial charge in [-0.2, -0.15) is 0 Å². The molecule has 2 unspecified atom stereocenters. The highest BCUT2D eigenvalue weighted by molar-refractivity contribution is 8.32. The highest BCUT2D eigenvalue weighted by atomic mass is 32.3. The number of hydrogen-bond acceptors (Lipinski definition) is 4. The maximum Gasteiger partial charge on any atom is 0.141 e. The first kappa shape index (κ1) is 17.2. The first-order chi connectivity index (χ1) is 12.0. The molecule has 2 fully saturated rings. The van der Waals surface area contributed by atoms with Gasteiger partial charge in [-0.15, -0.1) is 0 Å². The molecule has 0 radical (unpaired) electrons. The minimum Gasteiger partial charge on any atom is -0.377 e. The van der Waals surface area contributed by atoms with Crippen molar-refractivity contribution in [2.24, 2.45) is 0 Å². The third kappa shape index (κ3) is 3.66. The lowest BCUT2D eigenvalue weighted by molar-refractivity contribution is 0.0906. The normalized spacial score (nSPS) is 24.2. The van der Waals surface area contributed by atoms with Crippen LogP contribution in [0.4, 0.5) is 5.69 Å². The molecule has 0 N–H and O–H groups in total. The summed E-state index contributed by atoms with van der Waals surface area (Å²) in [7, 11) is -0.496. The van der Waals surface area contributed by atoms with Gasteiger partial charge in [0.25, 0.3) is 0 Å². The van der Waals surface area contributed by atoms with Crippen LogP contribution < -0.4 is 4.90 Å². The molecule has 138 valence electrons. The molecule has 5 nitrogen and oxygen atoms in total. The molecule has 4 heterocycles. The molecule has 2 aromatic heterocycles. The summed E-state index contributed by atoms with van der Waals surface area (Å²) in [5.74, 6) is 1.14. The Morgan fingerprint density at radius 1 is 1.24 bits per heavy atom. The fourth-order valence-corrected chi connectivity index (χ4v) is 4.45. The van der Waals surface area contributed by atoms with Gasteiger partial charge in [0, 0.05) is 17.3 Å². The summed E-state index contributed by atoms with van der Waals surface area (Å²) in [6.45, 7) is 3.08. The highest BCUT2D eigenvalue weighted by Gasteiger charge is 2.37. The zero-order chi connectivity index (χ0) is 17.4. The van der Waals surface area contributed by atoms with E-state index in [0.29, 0.717) is 18.8 Å². The van der Waals surface area contributed by atoms with E-state index in [2.05, 4.69) is 46.6 Å². The predicted molar refractivity (Wildman–Crippen MR) is 106 cm³/mol. The van der Waals surface area contributed by atoms with E-state index >= 15 is 0 Å². The highest BCUT2D eigenvalue weighted by Crippen LogP contribution is 2.35. The Morgan fingerprint density at radius 3 is 2.72 bits per heavy atom. The zero-order valence-corrected chi connectivity index (χ0v) is 16.3. The SMILES string of the molecule is CS(C)(C)CCOCn1ccc2cc(N3C4CCC3COC4)cnc21. The number of nitrogens with zero attached hydrogens (tertiary/aromatic N) is 3. The van der Waals surface area contributed by atoms with Crippen LogP contribution in [0.5, 0.6) is 0 Å². The second kappa shape index (κ2) is 6.82. The van der Waals surface area contributed by atoms with Crippen molar-refractivity contribution in [2.45, 2.75) is 31.7 Å². The third-order valence-corrected chi connectivity index (χ3v) is 6.59. The van der Waals surface area contributed by atoms with Gasteiger partial charge in [-0.1, -0.05) is 0 Å². The van der Waals surface area contributed by atoms with Crippen LogP contribution in [0.15, 0.2) is 24.5 Å². The molecule has 2 bridgehead atoms. The maximum atomic E-state index is 5.87. The van der Waals surface area contributed by atoms with Crippen molar-refractivity contribution in [3.63, 3.8) is 0 Å². The average Bonchev–Trinajstić information content (AvgIpc) is 3.08. The molecule has 0 saturated carbocycles. The van der Waals surface area contributed by atoms with Crippen LogP contribution in [0.1, 0.15) is 12.8 Å². The van der Waals surface area contributed by atoms with E-state index in [1.807, 2.05) is 6.20 Å². The van der Waals surface area contributed by atoms with Crippen molar-refractivity contribution in [1.82, 2.24) is 9.55 Å². The fourth-order valence-electron chi connectivity index (χ4n) is 3.83. The summed E-state index contributed by atoms with van der Waals surface area (Å²) in [4.78, 5) is 7.27. The molecular weight excluding hydrogens is 334 g/mol. The monoisotopic (exact) mass is 363 g/mol. The second-order valence-corrected chi connectivity index (χ2v) is 12.6. The van der Waals surface area contributed by atoms with E-state index in [1.165, 1.54) is 23.9 Å². The first-order valence-electron chi connectivity index (χ1n) is 9.06. The number of anilines is 1. The van der Waals surface area contributed by atoms with E-state index < -0.39 is 10.0 Å². The number of fused-ring (bicyclic) bond motifs is 3. The molecule has 2 atom stereocenters. The van der Waals surface area contributed by atoms with E-state index in [1.54, 1.807) is 0 Å². The van der Waals surface area contributed by atoms with Crippen molar-refractivity contribution < 1.29 is 9.47 Å². The van der Waals surface area contributed by atoms with Gasteiger partial charge in [-0.05, 0) is 43.7 Å². The quantitative estimate of drug-likeness (QED) is 0.740. The van der Waals surface area contributed by atoms with Crippen molar-refractivity contribution in [3.8, 4) is 0 Å². The van der Waals surface area contributed by atoms with Gasteiger partial charge in [0.05, 0.1) is 43.8 Å². The minimum atomic E-state index is -0.496. The average molecular weight is 364 g/mol. The van der Waals surface area contributed by atoms with Gasteiger partial charge in [0.2, 0.25) is 0 Å². The van der Waals surface area contributed by atoms with E-state index in [0.717, 1.165) is 31.2 Å². The van der Waals surface area contributed by atoms with Crippen LogP contribution in [-0.2, 0) is 16.2 Å². The summed E-state index contributed by atoms with van der Waals surface area (Å²) >= 11 is 0. The molecule has 2 aliphatic rings. The summed E-state index contributed by atoms with van der Waals surface area (Å²) in [6.07, 6.45) is 13.5. The van der Waals surface area contributed by atoms with E-state index in [-0.39, 0.29) is 0 Å². The summed E-state index contributed by atoms with van der Waals surface area (Å²) < 4.78 is 13.7. The third-order valence-electron chi connectivity index (χ3n) is 5.20. The Morgan fingerprint density at radius 2 is 2.00 bits per heavy atom. The minimum absolute atomic E-state index is 0.496. The molecule has 0 aliphatic carbocycles. The number of hydrogen-bond donors (Lipinski definition) is 0. The molecule has 25 heavy (non-hydrogen) atoms. The Bertz CT molecular complexity index is 724. The Hall–Kier alpha value is -1.24. The number of aromatic nitrogens is 2. The van der Waals surface area contributed by atoms with Crippen LogP contribution in [0.3, 0.4) is 0 Å². The van der Waals surface area contributed by atoms with Crippen molar-refractivity contribution in [3.05, 3.63) is 24.5 Å². The fraction of sp³-hybridized carbons (Fsp3) is 0.632. The molecule has 2 aliphatic heterocycles. The lowest BCUT2D eigenvalue weighted by atomic mass is 10.2. The first-order valence-corrected chi connectivity index (χ1v) is 12.1. The Labute approximate surface area is 151 Å². The second-order valence-electron chi connectivity index (χ2n) is 8.05.